The van der Waals surface area contributed by atoms with E-state index in [1.54, 1.807) is 6.08 Å². The van der Waals surface area contributed by atoms with E-state index in [0.29, 0.717) is 18.6 Å². The molecule has 0 bridgehead atoms. The van der Waals surface area contributed by atoms with E-state index in [2.05, 4.69) is 0 Å². The van der Waals surface area contributed by atoms with Crippen LogP contribution in [0.1, 0.15) is 17.5 Å². The van der Waals surface area contributed by atoms with Crippen molar-refractivity contribution in [1.82, 2.24) is 0 Å². The number of rotatable bonds is 1. The lowest BCUT2D eigenvalue weighted by molar-refractivity contribution is -0.132. The smallest absolute Gasteiger partial charge is 0.331 e. The molecule has 0 aliphatic carbocycles. The third-order valence-electron chi connectivity index (χ3n) is 2.46. The number of benzene rings is 1. The van der Waals surface area contributed by atoms with Gasteiger partial charge >= 0.3 is 5.97 Å². The lowest BCUT2D eigenvalue weighted by Crippen LogP contribution is -2.03. The molecule has 0 fully saturated rings. The Labute approximate surface area is 88.0 Å². The van der Waals surface area contributed by atoms with Crippen molar-refractivity contribution in [2.75, 3.05) is 6.61 Å². The Morgan fingerprint density at radius 1 is 1.47 bits per heavy atom. The first kappa shape index (κ1) is 9.77. The number of aryl methyl sites for hydroxylation is 1. The summed E-state index contributed by atoms with van der Waals surface area (Å²) in [4.78, 5) is 10.9. The largest absolute Gasteiger partial charge is 0.492 e. The maximum absolute atomic E-state index is 10.9. The lowest BCUT2D eigenvalue weighted by Gasteiger charge is -2.08. The summed E-state index contributed by atoms with van der Waals surface area (Å²) < 4.78 is 5.54. The maximum atomic E-state index is 10.9. The summed E-state index contributed by atoms with van der Waals surface area (Å²) in [5, 5.41) is 8.93. The predicted octanol–water partition coefficient (Wildman–Crippen LogP) is 2.25. The van der Waals surface area contributed by atoms with Gasteiger partial charge in [-0.1, -0.05) is 18.2 Å². The summed E-state index contributed by atoms with van der Waals surface area (Å²) in [5.41, 5.74) is 2.29. The molecular formula is C12H12O3. The Hall–Kier alpha value is -1.77. The SMILES string of the molecule is Cc1cccc2c1OCCC(C(=O)O)=C2. The van der Waals surface area contributed by atoms with Gasteiger partial charge in [-0.15, -0.1) is 0 Å². The summed E-state index contributed by atoms with van der Waals surface area (Å²) in [5.74, 6) is -0.0679. The van der Waals surface area contributed by atoms with E-state index in [1.165, 1.54) is 0 Å². The van der Waals surface area contributed by atoms with Gasteiger partial charge in [0.15, 0.2) is 0 Å². The predicted molar refractivity (Wildman–Crippen MR) is 56.9 cm³/mol. The first-order valence-electron chi connectivity index (χ1n) is 4.85. The third kappa shape index (κ3) is 1.86. The summed E-state index contributed by atoms with van der Waals surface area (Å²) in [7, 11) is 0. The molecule has 1 aliphatic rings. The Morgan fingerprint density at radius 2 is 2.27 bits per heavy atom. The van der Waals surface area contributed by atoms with Crippen LogP contribution in [-0.4, -0.2) is 17.7 Å². The minimum atomic E-state index is -0.868. The molecule has 1 N–H and O–H groups in total. The van der Waals surface area contributed by atoms with Crippen LogP contribution in [0, 0.1) is 6.92 Å². The molecule has 3 nitrogen and oxygen atoms in total. The molecule has 1 aromatic rings. The third-order valence-corrected chi connectivity index (χ3v) is 2.46. The quantitative estimate of drug-likeness (QED) is 0.763. The fourth-order valence-electron chi connectivity index (χ4n) is 1.68. The van der Waals surface area contributed by atoms with Crippen LogP contribution in [-0.2, 0) is 4.79 Å². The first-order chi connectivity index (χ1) is 7.18. The van der Waals surface area contributed by atoms with Crippen LogP contribution in [0.15, 0.2) is 23.8 Å². The Kier molecular flexibility index (Phi) is 2.46. The zero-order valence-electron chi connectivity index (χ0n) is 8.49. The highest BCUT2D eigenvalue weighted by Crippen LogP contribution is 2.28. The van der Waals surface area contributed by atoms with Crippen LogP contribution in [0.25, 0.3) is 6.08 Å². The van der Waals surface area contributed by atoms with E-state index in [4.69, 9.17) is 9.84 Å². The van der Waals surface area contributed by atoms with Gasteiger partial charge in [0.25, 0.3) is 0 Å². The van der Waals surface area contributed by atoms with Crippen LogP contribution in [0.2, 0.25) is 0 Å². The molecule has 1 aromatic carbocycles. The highest BCUT2D eigenvalue weighted by atomic mass is 16.5. The zero-order chi connectivity index (χ0) is 10.8. The normalized spacial score (nSPS) is 14.6. The number of fused-ring (bicyclic) bond motifs is 1. The lowest BCUT2D eigenvalue weighted by atomic mass is 10.1. The molecule has 1 aliphatic heterocycles. The number of hydrogen-bond acceptors (Lipinski definition) is 2. The maximum Gasteiger partial charge on any atom is 0.331 e. The van der Waals surface area contributed by atoms with E-state index in [9.17, 15) is 4.79 Å². The topological polar surface area (TPSA) is 46.5 Å². The molecule has 15 heavy (non-hydrogen) atoms. The standard InChI is InChI=1S/C12H12O3/c1-8-3-2-4-9-7-10(12(13)14)5-6-15-11(8)9/h2-4,7H,5-6H2,1H3,(H,13,14). The number of para-hydroxylation sites is 1. The van der Waals surface area contributed by atoms with Crippen LogP contribution in [0.3, 0.4) is 0 Å². The minimum absolute atomic E-state index is 0.402. The van der Waals surface area contributed by atoms with E-state index in [0.717, 1.165) is 16.9 Å². The Balaban J connectivity index is 2.51. The Morgan fingerprint density at radius 3 is 3.00 bits per heavy atom. The fraction of sp³-hybridized carbons (Fsp3) is 0.250. The van der Waals surface area contributed by atoms with Crippen molar-refractivity contribution in [3.63, 3.8) is 0 Å². The first-order valence-corrected chi connectivity index (χ1v) is 4.85. The molecule has 0 unspecified atom stereocenters. The van der Waals surface area contributed by atoms with E-state index >= 15 is 0 Å². The van der Waals surface area contributed by atoms with Crippen molar-refractivity contribution in [3.8, 4) is 5.75 Å². The van der Waals surface area contributed by atoms with E-state index < -0.39 is 5.97 Å². The molecule has 78 valence electrons. The molecule has 2 rings (SSSR count). The van der Waals surface area contributed by atoms with Crippen molar-refractivity contribution in [2.24, 2.45) is 0 Å². The van der Waals surface area contributed by atoms with Gasteiger partial charge in [0.05, 0.1) is 6.61 Å². The summed E-state index contributed by atoms with van der Waals surface area (Å²) in [6, 6.07) is 5.73. The van der Waals surface area contributed by atoms with Gasteiger partial charge in [-0.25, -0.2) is 4.79 Å². The van der Waals surface area contributed by atoms with Gasteiger partial charge in [-0.2, -0.15) is 0 Å². The number of ether oxygens (including phenoxy) is 1. The average Bonchev–Trinajstić information content (AvgIpc) is 2.40. The second kappa shape index (κ2) is 3.77. The molecule has 0 saturated carbocycles. The number of carbonyl (C=O) groups is 1. The van der Waals surface area contributed by atoms with Crippen molar-refractivity contribution < 1.29 is 14.6 Å². The van der Waals surface area contributed by atoms with Crippen molar-refractivity contribution in [2.45, 2.75) is 13.3 Å². The number of hydrogen-bond donors (Lipinski definition) is 1. The van der Waals surface area contributed by atoms with Gasteiger partial charge < -0.3 is 9.84 Å². The summed E-state index contributed by atoms with van der Waals surface area (Å²) in [6.07, 6.45) is 2.14. The summed E-state index contributed by atoms with van der Waals surface area (Å²) >= 11 is 0. The van der Waals surface area contributed by atoms with Crippen LogP contribution in [0.4, 0.5) is 0 Å². The van der Waals surface area contributed by atoms with Crippen molar-refractivity contribution in [3.05, 3.63) is 34.9 Å². The number of carboxylic acids is 1. The van der Waals surface area contributed by atoms with Gasteiger partial charge in [0.1, 0.15) is 5.75 Å². The molecule has 0 atom stereocenters. The van der Waals surface area contributed by atoms with Crippen LogP contribution in [0.5, 0.6) is 5.75 Å². The highest BCUT2D eigenvalue weighted by Gasteiger charge is 2.15. The second-order valence-electron chi connectivity index (χ2n) is 3.57. The van der Waals surface area contributed by atoms with Gasteiger partial charge in [-0.3, -0.25) is 0 Å². The Bertz CT molecular complexity index is 432. The highest BCUT2D eigenvalue weighted by molar-refractivity contribution is 5.93. The van der Waals surface area contributed by atoms with Gasteiger partial charge in [0, 0.05) is 17.6 Å². The van der Waals surface area contributed by atoms with E-state index in [-0.39, 0.29) is 0 Å². The fourth-order valence-corrected chi connectivity index (χ4v) is 1.68. The van der Waals surface area contributed by atoms with Crippen molar-refractivity contribution >= 4 is 12.0 Å². The van der Waals surface area contributed by atoms with Crippen LogP contribution < -0.4 is 4.74 Å². The number of carboxylic acid groups (broad SMARTS) is 1. The van der Waals surface area contributed by atoms with Gasteiger partial charge in [-0.05, 0) is 18.6 Å². The molecule has 1 heterocycles. The second-order valence-corrected chi connectivity index (χ2v) is 3.57. The number of aliphatic carboxylic acids is 1. The molecule has 0 radical (unpaired) electrons. The van der Waals surface area contributed by atoms with E-state index in [1.807, 2.05) is 25.1 Å². The average molecular weight is 204 g/mol. The van der Waals surface area contributed by atoms with Gasteiger partial charge in [0.2, 0.25) is 0 Å². The monoisotopic (exact) mass is 204 g/mol. The van der Waals surface area contributed by atoms with Crippen molar-refractivity contribution in [1.29, 1.82) is 0 Å². The minimum Gasteiger partial charge on any atom is -0.492 e. The molecule has 0 amide bonds. The summed E-state index contributed by atoms with van der Waals surface area (Å²) in [6.45, 7) is 2.38. The zero-order valence-corrected chi connectivity index (χ0v) is 8.49. The molecule has 0 spiro atoms. The molecular weight excluding hydrogens is 192 g/mol. The van der Waals surface area contributed by atoms with Crippen LogP contribution >= 0.6 is 0 Å². The molecule has 0 aromatic heterocycles. The molecule has 3 heteroatoms. The molecule has 0 saturated heterocycles.